The summed E-state index contributed by atoms with van der Waals surface area (Å²) in [4.78, 5) is 51.3. The van der Waals surface area contributed by atoms with E-state index in [0.717, 1.165) is 4.90 Å². The van der Waals surface area contributed by atoms with Gasteiger partial charge in [-0.3, -0.25) is 14.4 Å². The summed E-state index contributed by atoms with van der Waals surface area (Å²) in [5.74, 6) is -2.18. The summed E-state index contributed by atoms with van der Waals surface area (Å²) in [6, 6.07) is 6.32. The molecule has 0 aliphatic rings. The van der Waals surface area contributed by atoms with Crippen molar-refractivity contribution in [1.82, 2.24) is 15.5 Å². The largest absolute Gasteiger partial charge is 0.468 e. The monoisotopic (exact) mass is 478 g/mol. The lowest BCUT2D eigenvalue weighted by Crippen LogP contribution is -2.54. The second-order valence-corrected chi connectivity index (χ2v) is 8.42. The van der Waals surface area contributed by atoms with Gasteiger partial charge >= 0.3 is 12.1 Å². The van der Waals surface area contributed by atoms with Gasteiger partial charge in [-0.2, -0.15) is 17.9 Å². The molecule has 0 aromatic heterocycles. The van der Waals surface area contributed by atoms with Crippen molar-refractivity contribution < 1.29 is 28.7 Å². The number of nitrogens with zero attached hydrogens (tertiary/aromatic N) is 2. The van der Waals surface area contributed by atoms with Crippen molar-refractivity contribution in [1.29, 1.82) is 5.26 Å². The molecule has 2 atom stereocenters. The smallest absolute Gasteiger partial charge is 0.408 e. The quantitative estimate of drug-likeness (QED) is 0.278. The molecule has 1 aromatic rings. The molecule has 11 heteroatoms. The van der Waals surface area contributed by atoms with E-state index in [1.807, 2.05) is 6.07 Å². The summed E-state index contributed by atoms with van der Waals surface area (Å²) >= 11 is 4.15. The zero-order valence-corrected chi connectivity index (χ0v) is 20.3. The normalized spacial score (nSPS) is 12.5. The molecule has 0 aliphatic heterocycles. The van der Waals surface area contributed by atoms with Gasteiger partial charge in [0.25, 0.3) is 0 Å². The predicted octanol–water partition coefficient (Wildman–Crippen LogP) is 1.50. The van der Waals surface area contributed by atoms with Crippen LogP contribution in [-0.2, 0) is 23.9 Å². The van der Waals surface area contributed by atoms with Crippen molar-refractivity contribution in [2.45, 2.75) is 45.4 Å². The Bertz CT molecular complexity index is 909. The Morgan fingerprint density at radius 3 is 2.36 bits per heavy atom. The first-order valence-electron chi connectivity index (χ1n) is 10.1. The number of alkyl carbamates (subject to hydrolysis) is 1. The van der Waals surface area contributed by atoms with Crippen LogP contribution in [0.25, 0.3) is 0 Å². The summed E-state index contributed by atoms with van der Waals surface area (Å²) < 4.78 is 9.74. The van der Waals surface area contributed by atoms with Gasteiger partial charge in [-0.1, -0.05) is 24.3 Å². The number of carbonyl (C=O) groups is 4. The minimum atomic E-state index is -1.24. The molecule has 0 aliphatic carbocycles. The van der Waals surface area contributed by atoms with Gasteiger partial charge in [-0.15, -0.1) is 0 Å². The van der Waals surface area contributed by atoms with Gasteiger partial charge in [0.1, 0.15) is 30.8 Å². The Balaban J connectivity index is 3.33. The zero-order chi connectivity index (χ0) is 25.2. The van der Waals surface area contributed by atoms with Crippen LogP contribution in [0.15, 0.2) is 24.3 Å². The number of aryl methyl sites for hydroxylation is 1. The van der Waals surface area contributed by atoms with Crippen molar-refractivity contribution in [3.8, 4) is 6.07 Å². The minimum absolute atomic E-state index is 0.107. The molecule has 10 nitrogen and oxygen atoms in total. The van der Waals surface area contributed by atoms with Crippen molar-refractivity contribution in [2.24, 2.45) is 0 Å². The zero-order valence-electron chi connectivity index (χ0n) is 19.4. The number of methoxy groups -OCH3 is 1. The van der Waals surface area contributed by atoms with Crippen molar-refractivity contribution in [3.05, 3.63) is 35.4 Å². The summed E-state index contributed by atoms with van der Waals surface area (Å²) in [6.45, 7) is 5.89. The van der Waals surface area contributed by atoms with Gasteiger partial charge in [-0.05, 0) is 38.8 Å². The SMILES string of the molecule is COC(=O)CNC(=O)C(c1ccccc1C)N(CC#N)C(=O)C(CS)NC(=O)OC(C)(C)C. The van der Waals surface area contributed by atoms with Crippen LogP contribution in [0.3, 0.4) is 0 Å². The van der Waals surface area contributed by atoms with Crippen LogP contribution in [0.5, 0.6) is 0 Å². The first kappa shape index (κ1) is 27.8. The number of hydrogen-bond donors (Lipinski definition) is 3. The highest BCUT2D eigenvalue weighted by atomic mass is 32.1. The molecule has 0 fully saturated rings. The molecule has 0 saturated heterocycles. The summed E-state index contributed by atoms with van der Waals surface area (Å²) in [6.07, 6.45) is -0.839. The topological polar surface area (TPSA) is 138 Å². The molecule has 0 saturated carbocycles. The number of nitrogens with one attached hydrogen (secondary N) is 2. The van der Waals surface area contributed by atoms with Crippen LogP contribution in [-0.4, -0.2) is 66.4 Å². The first-order chi connectivity index (χ1) is 15.4. The number of hydrogen-bond acceptors (Lipinski definition) is 8. The van der Waals surface area contributed by atoms with Gasteiger partial charge in [0.15, 0.2) is 0 Å². The van der Waals surface area contributed by atoms with Gasteiger partial charge in [0.2, 0.25) is 11.8 Å². The average Bonchev–Trinajstić information content (AvgIpc) is 2.74. The molecule has 0 bridgehead atoms. The molecule has 0 heterocycles. The fourth-order valence-electron chi connectivity index (χ4n) is 2.88. The lowest BCUT2D eigenvalue weighted by molar-refractivity contribution is -0.144. The maximum absolute atomic E-state index is 13.4. The number of rotatable bonds is 9. The Morgan fingerprint density at radius 2 is 1.85 bits per heavy atom. The van der Waals surface area contributed by atoms with E-state index in [2.05, 4.69) is 28.0 Å². The van der Waals surface area contributed by atoms with E-state index in [1.165, 1.54) is 7.11 Å². The van der Waals surface area contributed by atoms with Gasteiger partial charge in [0, 0.05) is 5.75 Å². The molecule has 0 spiro atoms. The number of ether oxygens (including phenoxy) is 2. The second kappa shape index (κ2) is 12.7. The Hall–Kier alpha value is -3.26. The van der Waals surface area contributed by atoms with Crippen LogP contribution in [0.1, 0.15) is 37.9 Å². The number of carbonyl (C=O) groups excluding carboxylic acids is 4. The Labute approximate surface area is 199 Å². The highest BCUT2D eigenvalue weighted by Crippen LogP contribution is 2.25. The molecule has 180 valence electrons. The van der Waals surface area contributed by atoms with E-state index < -0.39 is 54.7 Å². The van der Waals surface area contributed by atoms with E-state index in [0.29, 0.717) is 11.1 Å². The molecule has 2 N–H and O–H groups in total. The highest BCUT2D eigenvalue weighted by molar-refractivity contribution is 7.80. The van der Waals surface area contributed by atoms with Crippen LogP contribution < -0.4 is 10.6 Å². The van der Waals surface area contributed by atoms with Gasteiger partial charge in [0.05, 0.1) is 13.2 Å². The molecule has 0 radical (unpaired) electrons. The van der Waals surface area contributed by atoms with Crippen LogP contribution in [0.4, 0.5) is 4.79 Å². The molecular formula is C22H30N4O6S. The van der Waals surface area contributed by atoms with E-state index >= 15 is 0 Å². The Morgan fingerprint density at radius 1 is 1.21 bits per heavy atom. The van der Waals surface area contributed by atoms with Crippen molar-refractivity contribution in [2.75, 3.05) is 26.0 Å². The third kappa shape index (κ3) is 8.65. The number of benzene rings is 1. The molecule has 2 unspecified atom stereocenters. The van der Waals surface area contributed by atoms with E-state index in [-0.39, 0.29) is 5.75 Å². The minimum Gasteiger partial charge on any atom is -0.468 e. The Kier molecular flexibility index (Phi) is 10.7. The number of nitriles is 1. The van der Waals surface area contributed by atoms with Crippen LogP contribution in [0.2, 0.25) is 0 Å². The third-order valence-corrected chi connectivity index (χ3v) is 4.74. The van der Waals surface area contributed by atoms with Gasteiger partial charge in [-0.25, -0.2) is 4.79 Å². The standard InChI is InChI=1S/C22H30N4O6S/c1-14-8-6-7-9-15(14)18(19(28)24-12-17(27)31-5)26(11-10-23)20(29)16(13-33)25-21(30)32-22(2,3)4/h6-9,16,18,33H,11-13H2,1-5H3,(H,24,28)(H,25,30). The summed E-state index contributed by atoms with van der Waals surface area (Å²) in [7, 11) is 1.18. The van der Waals surface area contributed by atoms with E-state index in [1.54, 1.807) is 52.0 Å². The predicted molar refractivity (Wildman–Crippen MR) is 123 cm³/mol. The maximum Gasteiger partial charge on any atom is 0.408 e. The molecule has 1 aromatic carbocycles. The summed E-state index contributed by atoms with van der Waals surface area (Å²) in [5.41, 5.74) is 0.352. The third-order valence-electron chi connectivity index (χ3n) is 4.37. The van der Waals surface area contributed by atoms with Gasteiger partial charge < -0.3 is 25.0 Å². The lowest BCUT2D eigenvalue weighted by Gasteiger charge is -2.33. The summed E-state index contributed by atoms with van der Waals surface area (Å²) in [5, 5.41) is 14.3. The lowest BCUT2D eigenvalue weighted by atomic mass is 9.98. The highest BCUT2D eigenvalue weighted by Gasteiger charge is 2.36. The molecule has 3 amide bonds. The first-order valence-corrected chi connectivity index (χ1v) is 10.8. The van der Waals surface area contributed by atoms with Crippen LogP contribution >= 0.6 is 12.6 Å². The molecule has 33 heavy (non-hydrogen) atoms. The van der Waals surface area contributed by atoms with Crippen molar-refractivity contribution >= 4 is 36.5 Å². The average molecular weight is 479 g/mol. The fraction of sp³-hybridized carbons (Fsp3) is 0.500. The van der Waals surface area contributed by atoms with Crippen LogP contribution in [0, 0.1) is 18.3 Å². The van der Waals surface area contributed by atoms with Crippen molar-refractivity contribution in [3.63, 3.8) is 0 Å². The number of thiol groups is 1. The number of esters is 1. The fourth-order valence-corrected chi connectivity index (χ4v) is 3.13. The molecule has 1 rings (SSSR count). The van der Waals surface area contributed by atoms with E-state index in [9.17, 15) is 24.4 Å². The van der Waals surface area contributed by atoms with E-state index in [4.69, 9.17) is 4.74 Å². The molecular weight excluding hydrogens is 448 g/mol. The number of amides is 3. The maximum atomic E-state index is 13.4. The second-order valence-electron chi connectivity index (χ2n) is 8.06.